The van der Waals surface area contributed by atoms with Crippen molar-refractivity contribution in [3.05, 3.63) is 29.6 Å². The maximum Gasteiger partial charge on any atom is 0.497 e. The molecule has 3 nitrogen and oxygen atoms in total. The molecule has 1 aliphatic heterocycles. The Morgan fingerprint density at radius 1 is 1.20 bits per heavy atom. The van der Waals surface area contributed by atoms with Crippen LogP contribution in [-0.4, -0.2) is 18.3 Å². The van der Waals surface area contributed by atoms with Crippen molar-refractivity contribution in [1.29, 1.82) is 5.26 Å². The zero-order valence-corrected chi connectivity index (χ0v) is 12.5. The van der Waals surface area contributed by atoms with Crippen LogP contribution >= 0.6 is 0 Å². The molecule has 2 rings (SSSR count). The third kappa shape index (κ3) is 2.46. The summed E-state index contributed by atoms with van der Waals surface area (Å²) in [5, 5.41) is 8.97. The van der Waals surface area contributed by atoms with Gasteiger partial charge in [0, 0.05) is 5.46 Å². The van der Waals surface area contributed by atoms with E-state index < -0.39 is 18.3 Å². The predicted octanol–water partition coefficient (Wildman–Crippen LogP) is 2.75. The molecular formula is C15H19BFNO2. The Hall–Kier alpha value is -1.38. The van der Waals surface area contributed by atoms with E-state index in [1.54, 1.807) is 19.1 Å². The minimum atomic E-state index is -0.745. The van der Waals surface area contributed by atoms with Crippen LogP contribution in [0.2, 0.25) is 0 Å². The highest BCUT2D eigenvalue weighted by atomic mass is 19.1. The highest BCUT2D eigenvalue weighted by Crippen LogP contribution is 2.36. The zero-order valence-electron chi connectivity index (χ0n) is 12.5. The molecule has 106 valence electrons. The van der Waals surface area contributed by atoms with Gasteiger partial charge in [0.25, 0.3) is 0 Å². The topological polar surface area (TPSA) is 42.2 Å². The van der Waals surface area contributed by atoms with Crippen molar-refractivity contribution < 1.29 is 13.7 Å². The molecule has 0 spiro atoms. The molecule has 1 atom stereocenters. The summed E-state index contributed by atoms with van der Waals surface area (Å²) >= 11 is 0. The smallest absolute Gasteiger partial charge is 0.399 e. The molecule has 5 heteroatoms. The van der Waals surface area contributed by atoms with E-state index in [-0.39, 0.29) is 11.7 Å². The number of hydrogen-bond acceptors (Lipinski definition) is 3. The fraction of sp³-hybridized carbons (Fsp3) is 0.533. The molecule has 0 radical (unpaired) electrons. The van der Waals surface area contributed by atoms with E-state index in [4.69, 9.17) is 14.6 Å². The fourth-order valence-corrected chi connectivity index (χ4v) is 2.06. The van der Waals surface area contributed by atoms with E-state index in [0.29, 0.717) is 5.46 Å². The van der Waals surface area contributed by atoms with Crippen molar-refractivity contribution >= 4 is 12.6 Å². The van der Waals surface area contributed by atoms with Crippen molar-refractivity contribution in [2.75, 3.05) is 0 Å². The SMILES string of the molecule is CC(C#N)c1ccc(F)c(B2OC(C)(C)C(C)(C)O2)c1. The average Bonchev–Trinajstić information content (AvgIpc) is 2.58. The normalized spacial score (nSPS) is 21.6. The third-order valence-corrected chi connectivity index (χ3v) is 4.22. The lowest BCUT2D eigenvalue weighted by atomic mass is 9.77. The Labute approximate surface area is 119 Å². The van der Waals surface area contributed by atoms with Crippen molar-refractivity contribution in [3.8, 4) is 6.07 Å². The molecule has 0 aliphatic carbocycles. The number of halogens is 1. The first-order valence-corrected chi connectivity index (χ1v) is 6.72. The summed E-state index contributed by atoms with van der Waals surface area (Å²) < 4.78 is 25.8. The van der Waals surface area contributed by atoms with Gasteiger partial charge in [0.15, 0.2) is 0 Å². The zero-order chi connectivity index (χ0) is 15.1. The van der Waals surface area contributed by atoms with Gasteiger partial charge >= 0.3 is 7.12 Å². The van der Waals surface area contributed by atoms with Crippen LogP contribution < -0.4 is 5.46 Å². The fourth-order valence-electron chi connectivity index (χ4n) is 2.06. The minimum absolute atomic E-state index is 0.295. The molecule has 20 heavy (non-hydrogen) atoms. The number of nitriles is 1. The number of hydrogen-bond donors (Lipinski definition) is 0. The van der Waals surface area contributed by atoms with Gasteiger partial charge in [0.1, 0.15) is 5.82 Å². The van der Waals surface area contributed by atoms with Gasteiger partial charge < -0.3 is 9.31 Å². The Bertz CT molecular complexity index is 549. The van der Waals surface area contributed by atoms with Crippen molar-refractivity contribution in [3.63, 3.8) is 0 Å². The largest absolute Gasteiger partial charge is 0.497 e. The van der Waals surface area contributed by atoms with Crippen LogP contribution in [0.1, 0.15) is 46.1 Å². The van der Waals surface area contributed by atoms with Crippen LogP contribution in [0.25, 0.3) is 0 Å². The standard InChI is InChI=1S/C15H19BFNO2/c1-10(9-18)11-6-7-13(17)12(8-11)16-19-14(2,3)15(4,5)20-16/h6-8,10H,1-5H3. The highest BCUT2D eigenvalue weighted by molar-refractivity contribution is 6.62. The second-order valence-electron chi connectivity index (χ2n) is 6.22. The van der Waals surface area contributed by atoms with Gasteiger partial charge in [-0.25, -0.2) is 4.39 Å². The summed E-state index contributed by atoms with van der Waals surface area (Å²) in [4.78, 5) is 0. The monoisotopic (exact) mass is 275 g/mol. The van der Waals surface area contributed by atoms with Crippen LogP contribution in [0.5, 0.6) is 0 Å². The Kier molecular flexibility index (Phi) is 3.66. The van der Waals surface area contributed by atoms with Crippen LogP contribution in [0.4, 0.5) is 4.39 Å². The maximum atomic E-state index is 14.0. The van der Waals surface area contributed by atoms with E-state index >= 15 is 0 Å². The molecule has 1 saturated heterocycles. The molecule has 0 bridgehead atoms. The minimum Gasteiger partial charge on any atom is -0.399 e. The van der Waals surface area contributed by atoms with Crippen LogP contribution in [0.15, 0.2) is 18.2 Å². The average molecular weight is 275 g/mol. The van der Waals surface area contributed by atoms with Gasteiger partial charge in [-0.3, -0.25) is 0 Å². The second-order valence-corrected chi connectivity index (χ2v) is 6.22. The summed E-state index contributed by atoms with van der Waals surface area (Å²) in [7, 11) is -0.745. The molecule has 1 fully saturated rings. The lowest BCUT2D eigenvalue weighted by Crippen LogP contribution is -2.41. The van der Waals surface area contributed by atoms with Crippen molar-refractivity contribution in [1.82, 2.24) is 0 Å². The molecule has 0 N–H and O–H groups in total. The predicted molar refractivity (Wildman–Crippen MR) is 76.1 cm³/mol. The molecule has 1 aliphatic rings. The van der Waals surface area contributed by atoms with Gasteiger partial charge in [0.2, 0.25) is 0 Å². The summed E-state index contributed by atoms with van der Waals surface area (Å²) in [6.07, 6.45) is 0. The number of rotatable bonds is 2. The second kappa shape index (κ2) is 4.87. The van der Waals surface area contributed by atoms with E-state index in [2.05, 4.69) is 6.07 Å². The van der Waals surface area contributed by atoms with Gasteiger partial charge in [0.05, 0.1) is 23.2 Å². The van der Waals surface area contributed by atoms with Crippen LogP contribution in [0, 0.1) is 17.1 Å². The molecule has 1 heterocycles. The molecular weight excluding hydrogens is 256 g/mol. The number of nitrogens with zero attached hydrogens (tertiary/aromatic N) is 1. The molecule has 0 saturated carbocycles. The van der Waals surface area contributed by atoms with Crippen molar-refractivity contribution in [2.45, 2.75) is 51.7 Å². The molecule has 0 aromatic heterocycles. The van der Waals surface area contributed by atoms with E-state index in [1.165, 1.54) is 6.07 Å². The highest BCUT2D eigenvalue weighted by Gasteiger charge is 2.52. The van der Waals surface area contributed by atoms with E-state index in [9.17, 15) is 4.39 Å². The van der Waals surface area contributed by atoms with Gasteiger partial charge in [-0.15, -0.1) is 0 Å². The lowest BCUT2D eigenvalue weighted by Gasteiger charge is -2.32. The summed E-state index contributed by atoms with van der Waals surface area (Å²) in [6, 6.07) is 6.79. The number of benzene rings is 1. The molecule has 1 aromatic rings. The molecule has 1 unspecified atom stereocenters. The van der Waals surface area contributed by atoms with Gasteiger partial charge in [-0.05, 0) is 46.2 Å². The van der Waals surface area contributed by atoms with Gasteiger partial charge in [-0.2, -0.15) is 5.26 Å². The summed E-state index contributed by atoms with van der Waals surface area (Å²) in [5.74, 6) is -0.672. The maximum absolute atomic E-state index is 14.0. The van der Waals surface area contributed by atoms with Crippen LogP contribution in [-0.2, 0) is 9.31 Å². The van der Waals surface area contributed by atoms with E-state index in [0.717, 1.165) is 5.56 Å². The first kappa shape index (κ1) is 15.0. The van der Waals surface area contributed by atoms with Crippen molar-refractivity contribution in [2.24, 2.45) is 0 Å². The first-order valence-electron chi connectivity index (χ1n) is 6.72. The lowest BCUT2D eigenvalue weighted by molar-refractivity contribution is 0.00578. The van der Waals surface area contributed by atoms with Crippen LogP contribution in [0.3, 0.4) is 0 Å². The Morgan fingerprint density at radius 2 is 1.75 bits per heavy atom. The Balaban J connectivity index is 2.38. The third-order valence-electron chi connectivity index (χ3n) is 4.22. The summed E-state index contributed by atoms with van der Waals surface area (Å²) in [5.41, 5.74) is 0.0870. The van der Waals surface area contributed by atoms with Gasteiger partial charge in [-0.1, -0.05) is 12.1 Å². The molecule has 0 amide bonds. The quantitative estimate of drug-likeness (QED) is 0.779. The van der Waals surface area contributed by atoms with E-state index in [1.807, 2.05) is 27.7 Å². The first-order chi connectivity index (χ1) is 9.18. The summed E-state index contributed by atoms with van der Waals surface area (Å²) in [6.45, 7) is 9.47. The Morgan fingerprint density at radius 3 is 2.25 bits per heavy atom. The molecule has 1 aromatic carbocycles.